The Hall–Kier alpha value is -2.16. The van der Waals surface area contributed by atoms with Crippen LogP contribution in [0.2, 0.25) is 0 Å². The van der Waals surface area contributed by atoms with Gasteiger partial charge in [0, 0.05) is 17.5 Å². The van der Waals surface area contributed by atoms with Crippen LogP contribution in [0.3, 0.4) is 0 Å². The van der Waals surface area contributed by atoms with E-state index in [0.29, 0.717) is 5.75 Å². The van der Waals surface area contributed by atoms with Gasteiger partial charge in [-0.05, 0) is 18.7 Å². The molecule has 0 fully saturated rings. The second kappa shape index (κ2) is 7.43. The van der Waals surface area contributed by atoms with Crippen LogP contribution in [0.25, 0.3) is 0 Å². The Bertz CT molecular complexity index is 547. The average Bonchev–Trinajstić information content (AvgIpc) is 2.42. The predicted octanol–water partition coefficient (Wildman–Crippen LogP) is 3.04. The predicted molar refractivity (Wildman–Crippen MR) is 79.5 cm³/mol. The minimum atomic E-state index is -0.680. The Morgan fingerprint density at radius 3 is 2.60 bits per heavy atom. The number of hydrazone groups is 1. The molecular weight excluding hydrogens is 284 g/mol. The summed E-state index contributed by atoms with van der Waals surface area (Å²) in [6, 6.07) is 3.38. The lowest BCUT2D eigenvalue weighted by molar-refractivity contribution is -0.393. The number of non-ortho nitro benzene ring substituents is 1. The molecule has 0 aliphatic heterocycles. The normalized spacial score (nSPS) is 11.2. The number of hydrogen-bond acceptors (Lipinski definition) is 7. The zero-order chi connectivity index (χ0) is 15.1. The third kappa shape index (κ3) is 4.50. The summed E-state index contributed by atoms with van der Waals surface area (Å²) < 4.78 is 0. The molecule has 0 aliphatic carbocycles. The van der Waals surface area contributed by atoms with E-state index < -0.39 is 9.85 Å². The van der Waals surface area contributed by atoms with Gasteiger partial charge >= 0.3 is 5.69 Å². The van der Waals surface area contributed by atoms with Gasteiger partial charge in [0.25, 0.3) is 5.69 Å². The van der Waals surface area contributed by atoms with Crippen LogP contribution in [0, 0.1) is 20.2 Å². The maximum atomic E-state index is 10.9. The molecule has 0 radical (unpaired) electrons. The fourth-order valence-corrected chi connectivity index (χ4v) is 1.88. The van der Waals surface area contributed by atoms with Crippen molar-refractivity contribution in [2.45, 2.75) is 13.8 Å². The average molecular weight is 298 g/mol. The Kier molecular flexibility index (Phi) is 5.91. The first-order chi connectivity index (χ1) is 9.45. The van der Waals surface area contributed by atoms with E-state index in [9.17, 15) is 20.2 Å². The van der Waals surface area contributed by atoms with E-state index >= 15 is 0 Å². The molecule has 0 spiro atoms. The summed E-state index contributed by atoms with van der Waals surface area (Å²) in [5, 5.41) is 25.5. The minimum Gasteiger partial charge on any atom is -0.272 e. The van der Waals surface area contributed by atoms with E-state index in [1.54, 1.807) is 18.7 Å². The van der Waals surface area contributed by atoms with Crippen LogP contribution in [0.1, 0.15) is 13.8 Å². The van der Waals surface area contributed by atoms with Crippen LogP contribution in [0.15, 0.2) is 23.3 Å². The molecule has 0 saturated carbocycles. The lowest BCUT2D eigenvalue weighted by atomic mass is 10.2. The van der Waals surface area contributed by atoms with Crippen molar-refractivity contribution < 1.29 is 9.85 Å². The quantitative estimate of drug-likeness (QED) is 0.470. The van der Waals surface area contributed by atoms with Crippen molar-refractivity contribution in [3.63, 3.8) is 0 Å². The molecule has 0 unspecified atom stereocenters. The van der Waals surface area contributed by atoms with Crippen LogP contribution >= 0.6 is 11.8 Å². The number of rotatable bonds is 7. The third-order valence-corrected chi connectivity index (χ3v) is 3.30. The Morgan fingerprint density at radius 1 is 1.35 bits per heavy atom. The van der Waals surface area contributed by atoms with E-state index in [1.165, 1.54) is 12.1 Å². The molecule has 1 aromatic carbocycles. The topological polar surface area (TPSA) is 111 Å². The molecule has 108 valence electrons. The van der Waals surface area contributed by atoms with Crippen molar-refractivity contribution in [1.82, 2.24) is 0 Å². The second-order valence-corrected chi connectivity index (χ2v) is 5.09. The Labute approximate surface area is 119 Å². The van der Waals surface area contributed by atoms with Gasteiger partial charge < -0.3 is 0 Å². The van der Waals surface area contributed by atoms with E-state index in [-0.39, 0.29) is 17.1 Å². The molecule has 0 bridgehead atoms. The molecule has 8 nitrogen and oxygen atoms in total. The highest BCUT2D eigenvalue weighted by Gasteiger charge is 2.19. The number of thioether (sulfide) groups is 1. The van der Waals surface area contributed by atoms with Crippen LogP contribution in [-0.4, -0.2) is 27.1 Å². The van der Waals surface area contributed by atoms with Gasteiger partial charge in [0.15, 0.2) is 0 Å². The summed E-state index contributed by atoms with van der Waals surface area (Å²) in [6.45, 7) is 3.82. The smallest absolute Gasteiger partial charge is 0.272 e. The molecule has 1 rings (SSSR count). The first kappa shape index (κ1) is 15.9. The van der Waals surface area contributed by atoms with E-state index in [0.717, 1.165) is 17.5 Å². The fourth-order valence-electron chi connectivity index (χ4n) is 1.32. The monoisotopic (exact) mass is 298 g/mol. The maximum absolute atomic E-state index is 10.9. The van der Waals surface area contributed by atoms with Gasteiger partial charge in [-0.2, -0.15) is 16.9 Å². The molecule has 0 heterocycles. The lowest BCUT2D eigenvalue weighted by Crippen LogP contribution is -2.03. The van der Waals surface area contributed by atoms with Gasteiger partial charge in [-0.25, -0.2) is 0 Å². The molecular formula is C11H14N4O4S. The Balaban J connectivity index is 2.95. The number of nitro benzene ring substituents is 2. The van der Waals surface area contributed by atoms with Gasteiger partial charge in [-0.15, -0.1) is 0 Å². The van der Waals surface area contributed by atoms with Crippen molar-refractivity contribution in [2.75, 3.05) is 16.9 Å². The summed E-state index contributed by atoms with van der Waals surface area (Å²) in [4.78, 5) is 20.2. The molecule has 0 aromatic heterocycles. The van der Waals surface area contributed by atoms with Crippen LogP contribution in [0.5, 0.6) is 0 Å². The highest BCUT2D eigenvalue weighted by atomic mass is 32.2. The zero-order valence-electron chi connectivity index (χ0n) is 11.0. The molecule has 1 N–H and O–H groups in total. The number of hydrogen-bond donors (Lipinski definition) is 1. The first-order valence-corrected chi connectivity index (χ1v) is 6.91. The van der Waals surface area contributed by atoms with E-state index in [1.807, 2.05) is 6.92 Å². The van der Waals surface area contributed by atoms with Crippen molar-refractivity contribution in [1.29, 1.82) is 0 Å². The largest absolute Gasteiger partial charge is 0.301 e. The zero-order valence-corrected chi connectivity index (χ0v) is 11.8. The molecule has 20 heavy (non-hydrogen) atoms. The number of nitrogens with one attached hydrogen (secondary N) is 1. The number of benzene rings is 1. The minimum absolute atomic E-state index is 0.126. The summed E-state index contributed by atoms with van der Waals surface area (Å²) in [5.41, 5.74) is 2.78. The molecule has 1 aromatic rings. The third-order valence-electron chi connectivity index (χ3n) is 2.27. The van der Waals surface area contributed by atoms with Gasteiger partial charge in [0.2, 0.25) is 0 Å². The standard InChI is InChI=1S/C11H14N4O4S/c1-3-20-7-8(2)12-13-10-5-4-9(14(16)17)6-11(10)15(18)19/h4-6,13H,3,7H2,1-2H3. The van der Waals surface area contributed by atoms with Crippen molar-refractivity contribution in [3.05, 3.63) is 38.4 Å². The van der Waals surface area contributed by atoms with E-state index in [2.05, 4.69) is 10.5 Å². The first-order valence-electron chi connectivity index (χ1n) is 5.75. The van der Waals surface area contributed by atoms with Crippen molar-refractivity contribution >= 4 is 34.5 Å². The highest BCUT2D eigenvalue weighted by molar-refractivity contribution is 7.99. The fraction of sp³-hybridized carbons (Fsp3) is 0.364. The highest BCUT2D eigenvalue weighted by Crippen LogP contribution is 2.28. The molecule has 9 heteroatoms. The SMILES string of the molecule is CCSCC(C)=NNc1ccc([N+](=O)[O-])cc1[N+](=O)[O-]. The molecule has 0 atom stereocenters. The molecule has 0 amide bonds. The summed E-state index contributed by atoms with van der Waals surface area (Å²) in [6.07, 6.45) is 0. The van der Waals surface area contributed by atoms with Gasteiger partial charge in [-0.3, -0.25) is 25.7 Å². The second-order valence-electron chi connectivity index (χ2n) is 3.81. The van der Waals surface area contributed by atoms with E-state index in [4.69, 9.17) is 0 Å². The van der Waals surface area contributed by atoms with Crippen molar-refractivity contribution in [3.8, 4) is 0 Å². The lowest BCUT2D eigenvalue weighted by Gasteiger charge is -2.04. The van der Waals surface area contributed by atoms with Crippen LogP contribution in [-0.2, 0) is 0 Å². The number of anilines is 1. The van der Waals surface area contributed by atoms with Crippen LogP contribution in [0.4, 0.5) is 17.1 Å². The van der Waals surface area contributed by atoms with Gasteiger partial charge in [0.05, 0.1) is 15.9 Å². The Morgan fingerprint density at radius 2 is 2.05 bits per heavy atom. The maximum Gasteiger partial charge on any atom is 0.301 e. The summed E-state index contributed by atoms with van der Waals surface area (Å²) in [7, 11) is 0. The van der Waals surface area contributed by atoms with Gasteiger partial charge in [-0.1, -0.05) is 6.92 Å². The molecule has 0 saturated heterocycles. The summed E-state index contributed by atoms with van der Waals surface area (Å²) >= 11 is 1.67. The molecule has 0 aliphatic rings. The number of nitro groups is 2. The number of nitrogens with zero attached hydrogens (tertiary/aromatic N) is 3. The summed E-state index contributed by atoms with van der Waals surface area (Å²) in [5.74, 6) is 1.66. The van der Waals surface area contributed by atoms with Gasteiger partial charge in [0.1, 0.15) is 5.69 Å². The van der Waals surface area contributed by atoms with Crippen LogP contribution < -0.4 is 5.43 Å². The van der Waals surface area contributed by atoms with Crippen molar-refractivity contribution in [2.24, 2.45) is 5.10 Å².